The molecule has 1 aliphatic rings. The third kappa shape index (κ3) is 2.57. The highest BCUT2D eigenvalue weighted by Crippen LogP contribution is 2.32. The van der Waals surface area contributed by atoms with Gasteiger partial charge in [-0.05, 0) is 33.4 Å². The highest BCUT2D eigenvalue weighted by Gasteiger charge is 2.18. The molecular weight excluding hydrogens is 260 g/mol. The molecule has 1 fully saturated rings. The molecule has 0 unspecified atom stereocenters. The molecule has 0 spiro atoms. The Morgan fingerprint density at radius 1 is 1.05 bits per heavy atom. The topological polar surface area (TPSA) is 41.1 Å². The molecule has 0 aliphatic carbocycles. The number of hydrogen-bond acceptors (Lipinski definition) is 2. The molecule has 108 valence electrons. The molecule has 3 rings (SSSR count). The van der Waals surface area contributed by atoms with Crippen molar-refractivity contribution in [3.63, 3.8) is 0 Å². The molecule has 2 aromatic carbocycles. The predicted octanol–water partition coefficient (Wildman–Crippen LogP) is 3.16. The van der Waals surface area contributed by atoms with E-state index in [0.29, 0.717) is 6.54 Å². The maximum Gasteiger partial charge on any atom is 0.262 e. The Morgan fingerprint density at radius 3 is 2.43 bits per heavy atom. The van der Waals surface area contributed by atoms with Crippen molar-refractivity contribution in [3.05, 3.63) is 53.1 Å². The lowest BCUT2D eigenvalue weighted by molar-refractivity contribution is -0.116. The summed E-state index contributed by atoms with van der Waals surface area (Å²) in [6, 6.07) is 12.7. The Hall–Kier alpha value is -2.13. The van der Waals surface area contributed by atoms with Gasteiger partial charge in [0, 0.05) is 12.1 Å². The summed E-state index contributed by atoms with van der Waals surface area (Å²) in [5.74, 6) is -0.0426. The van der Waals surface area contributed by atoms with Crippen molar-refractivity contribution in [2.24, 2.45) is 0 Å². The summed E-state index contributed by atoms with van der Waals surface area (Å²) in [6.07, 6.45) is 1.98. The van der Waals surface area contributed by atoms with Crippen LogP contribution in [0, 0.1) is 0 Å². The minimum atomic E-state index is -0.0426. The fourth-order valence-corrected chi connectivity index (χ4v) is 2.80. The maximum atomic E-state index is 11.7. The Balaban J connectivity index is 2.20. The molecule has 0 saturated carbocycles. The van der Waals surface area contributed by atoms with E-state index < -0.39 is 0 Å². The van der Waals surface area contributed by atoms with Crippen LogP contribution in [0.2, 0.25) is 0 Å². The molecule has 3 nitrogen and oxygen atoms in total. The second kappa shape index (κ2) is 5.01. The quantitative estimate of drug-likeness (QED) is 0.788. The molecule has 2 N–H and O–H groups in total. The fraction of sp³-hybridized carbons (Fsp3) is 0.278. The first-order chi connectivity index (χ1) is 9.97. The zero-order chi connectivity index (χ0) is 15.0. The predicted molar refractivity (Wildman–Crippen MR) is 86.8 cm³/mol. The lowest BCUT2D eigenvalue weighted by atomic mass is 9.83. The number of nitrogens with one attached hydrogen (secondary N) is 2. The van der Waals surface area contributed by atoms with Crippen LogP contribution in [0.25, 0.3) is 16.8 Å². The number of rotatable bonds is 1. The molecule has 0 bridgehead atoms. The van der Waals surface area contributed by atoms with Gasteiger partial charge in [0.05, 0.1) is 0 Å². The van der Waals surface area contributed by atoms with Crippen LogP contribution in [0.4, 0.5) is 0 Å². The summed E-state index contributed by atoms with van der Waals surface area (Å²) in [7, 11) is 0. The van der Waals surface area contributed by atoms with Crippen molar-refractivity contribution in [2.45, 2.75) is 26.2 Å². The van der Waals surface area contributed by atoms with E-state index in [0.717, 1.165) is 11.1 Å². The Kier molecular flexibility index (Phi) is 3.30. The smallest absolute Gasteiger partial charge is 0.262 e. The first-order valence-corrected chi connectivity index (χ1v) is 7.23. The molecule has 0 atom stereocenters. The number of carbonyl (C=O) groups excluding carboxylic acids is 1. The highest BCUT2D eigenvalue weighted by molar-refractivity contribution is 6.03. The lowest BCUT2D eigenvalue weighted by Gasteiger charge is -2.21. The van der Waals surface area contributed by atoms with Gasteiger partial charge in [-0.25, -0.2) is 5.43 Å². The van der Waals surface area contributed by atoms with E-state index in [1.165, 1.54) is 16.3 Å². The first kappa shape index (κ1) is 13.8. The zero-order valence-electron chi connectivity index (χ0n) is 12.7. The third-order valence-corrected chi connectivity index (χ3v) is 3.87. The lowest BCUT2D eigenvalue weighted by Crippen LogP contribution is -2.25. The van der Waals surface area contributed by atoms with Gasteiger partial charge in [0.1, 0.15) is 0 Å². The van der Waals surface area contributed by atoms with E-state index in [2.05, 4.69) is 68.0 Å². The van der Waals surface area contributed by atoms with Crippen LogP contribution >= 0.6 is 0 Å². The molecule has 21 heavy (non-hydrogen) atoms. The van der Waals surface area contributed by atoms with E-state index in [9.17, 15) is 4.79 Å². The number of benzene rings is 2. The molecule has 1 heterocycles. The van der Waals surface area contributed by atoms with E-state index in [1.54, 1.807) is 0 Å². The van der Waals surface area contributed by atoms with Crippen LogP contribution in [0.15, 0.2) is 42.0 Å². The van der Waals surface area contributed by atoms with Crippen molar-refractivity contribution in [3.8, 4) is 0 Å². The van der Waals surface area contributed by atoms with Gasteiger partial charge >= 0.3 is 0 Å². The second-order valence-electron chi connectivity index (χ2n) is 6.48. The van der Waals surface area contributed by atoms with E-state index in [1.807, 2.05) is 6.08 Å². The van der Waals surface area contributed by atoms with E-state index in [-0.39, 0.29) is 11.3 Å². The van der Waals surface area contributed by atoms with Gasteiger partial charge in [0.15, 0.2) is 0 Å². The van der Waals surface area contributed by atoms with E-state index in [4.69, 9.17) is 0 Å². The normalized spacial score (nSPS) is 17.5. The van der Waals surface area contributed by atoms with E-state index >= 15 is 0 Å². The number of hydrogen-bond donors (Lipinski definition) is 2. The first-order valence-electron chi connectivity index (χ1n) is 7.23. The monoisotopic (exact) mass is 280 g/mol. The molecule has 2 aromatic rings. The highest BCUT2D eigenvalue weighted by atomic mass is 16.2. The SMILES string of the molecule is CC(C)(C)c1cccc2c(/C=C3\CNNC3=O)cccc12. The van der Waals surface area contributed by atoms with Gasteiger partial charge < -0.3 is 0 Å². The Labute approximate surface area is 125 Å². The van der Waals surface area contributed by atoms with Gasteiger partial charge in [0.2, 0.25) is 0 Å². The van der Waals surface area contributed by atoms with Gasteiger partial charge in [-0.15, -0.1) is 0 Å². The van der Waals surface area contributed by atoms with Crippen molar-refractivity contribution >= 4 is 22.8 Å². The molecule has 1 aliphatic heterocycles. The van der Waals surface area contributed by atoms with Crippen molar-refractivity contribution in [1.82, 2.24) is 10.9 Å². The van der Waals surface area contributed by atoms with Crippen LogP contribution < -0.4 is 10.9 Å². The Bertz CT molecular complexity index is 738. The summed E-state index contributed by atoms with van der Waals surface area (Å²) in [5, 5.41) is 2.45. The molecular formula is C18H20N2O. The summed E-state index contributed by atoms with van der Waals surface area (Å²) in [4.78, 5) is 11.7. The van der Waals surface area contributed by atoms with Gasteiger partial charge in [-0.1, -0.05) is 57.2 Å². The van der Waals surface area contributed by atoms with Crippen LogP contribution in [0.3, 0.4) is 0 Å². The molecule has 0 aromatic heterocycles. The van der Waals surface area contributed by atoms with Crippen LogP contribution in [-0.4, -0.2) is 12.5 Å². The average Bonchev–Trinajstić information content (AvgIpc) is 2.83. The van der Waals surface area contributed by atoms with Crippen molar-refractivity contribution in [2.75, 3.05) is 6.54 Å². The number of fused-ring (bicyclic) bond motifs is 1. The van der Waals surface area contributed by atoms with Crippen molar-refractivity contribution in [1.29, 1.82) is 0 Å². The molecule has 1 amide bonds. The number of hydrazine groups is 1. The number of carbonyl (C=O) groups is 1. The van der Waals surface area contributed by atoms with Gasteiger partial charge in [0.25, 0.3) is 5.91 Å². The largest absolute Gasteiger partial charge is 0.287 e. The fourth-order valence-electron chi connectivity index (χ4n) is 2.80. The van der Waals surface area contributed by atoms with Gasteiger partial charge in [-0.2, -0.15) is 0 Å². The van der Waals surface area contributed by atoms with Crippen LogP contribution in [0.5, 0.6) is 0 Å². The zero-order valence-corrected chi connectivity index (χ0v) is 12.7. The summed E-state index contributed by atoms with van der Waals surface area (Å²) in [5.41, 5.74) is 8.75. The third-order valence-electron chi connectivity index (χ3n) is 3.87. The van der Waals surface area contributed by atoms with Crippen LogP contribution in [0.1, 0.15) is 31.9 Å². The summed E-state index contributed by atoms with van der Waals surface area (Å²) in [6.45, 7) is 7.23. The van der Waals surface area contributed by atoms with Gasteiger partial charge in [-0.3, -0.25) is 10.2 Å². The maximum absolute atomic E-state index is 11.7. The minimum Gasteiger partial charge on any atom is -0.287 e. The minimum absolute atomic E-state index is 0.0426. The van der Waals surface area contributed by atoms with Crippen molar-refractivity contribution < 1.29 is 4.79 Å². The molecule has 1 saturated heterocycles. The average molecular weight is 280 g/mol. The second-order valence-corrected chi connectivity index (χ2v) is 6.48. The summed E-state index contributed by atoms with van der Waals surface area (Å²) >= 11 is 0. The van der Waals surface area contributed by atoms with Crippen LogP contribution in [-0.2, 0) is 10.2 Å². The standard InChI is InChI=1S/C18H20N2O/c1-18(2,3)16-9-5-7-14-12(6-4-8-15(14)16)10-13-11-19-20-17(13)21/h4-10,19H,11H2,1-3H3,(H,20,21)/b13-10+. The molecule has 0 radical (unpaired) electrons. The Morgan fingerprint density at radius 2 is 1.76 bits per heavy atom. The molecule has 3 heteroatoms. The summed E-state index contributed by atoms with van der Waals surface area (Å²) < 4.78 is 0. The number of amides is 1.